The van der Waals surface area contributed by atoms with Crippen LogP contribution in [0.5, 0.6) is 0 Å². The molecule has 1 aliphatic rings. The van der Waals surface area contributed by atoms with E-state index in [2.05, 4.69) is 46.1 Å². The van der Waals surface area contributed by atoms with Gasteiger partial charge in [-0.15, -0.1) is 0 Å². The molecular weight excluding hydrogens is 354 g/mol. The molecule has 0 saturated heterocycles. The molecule has 2 N–H and O–H groups in total. The maximum atomic E-state index is 4.61. The molecule has 0 unspecified atom stereocenters. The zero-order chi connectivity index (χ0) is 18.9. The van der Waals surface area contributed by atoms with E-state index in [9.17, 15) is 0 Å². The van der Waals surface area contributed by atoms with Crippen LogP contribution in [0.1, 0.15) is 17.8 Å². The number of pyridine rings is 1. The van der Waals surface area contributed by atoms with Crippen LogP contribution in [0.15, 0.2) is 49.5 Å². The van der Waals surface area contributed by atoms with E-state index in [4.69, 9.17) is 0 Å². The van der Waals surface area contributed by atoms with Crippen LogP contribution in [0.2, 0.25) is 0 Å². The van der Waals surface area contributed by atoms with E-state index >= 15 is 0 Å². The molecule has 9 nitrogen and oxygen atoms in total. The van der Waals surface area contributed by atoms with E-state index in [1.54, 1.807) is 17.2 Å². The van der Waals surface area contributed by atoms with Crippen molar-refractivity contribution in [3.05, 3.63) is 60.8 Å². The summed E-state index contributed by atoms with van der Waals surface area (Å²) in [6, 6.07) is 3.85. The number of aryl methyl sites for hydroxylation is 1. The normalized spacial score (nSPS) is 14.2. The van der Waals surface area contributed by atoms with Gasteiger partial charge in [0.2, 0.25) is 0 Å². The SMILES string of the molecule is Cc1nc(-n2cncn2)ccc1Nc1nccn2c(C3=CCNCC3)cnc12. The monoisotopic (exact) mass is 373 g/mol. The zero-order valence-electron chi connectivity index (χ0n) is 15.4. The molecule has 0 saturated carbocycles. The second kappa shape index (κ2) is 6.86. The molecule has 0 radical (unpaired) electrons. The number of rotatable bonds is 4. The minimum Gasteiger partial charge on any atom is -0.336 e. The van der Waals surface area contributed by atoms with Crippen LogP contribution in [-0.4, -0.2) is 47.2 Å². The van der Waals surface area contributed by atoms with Gasteiger partial charge in [0.1, 0.15) is 12.7 Å². The van der Waals surface area contributed by atoms with Crippen molar-refractivity contribution in [2.45, 2.75) is 13.3 Å². The maximum Gasteiger partial charge on any atom is 0.180 e. The number of imidazole rings is 1. The first-order valence-corrected chi connectivity index (χ1v) is 9.11. The van der Waals surface area contributed by atoms with Gasteiger partial charge in [0, 0.05) is 18.9 Å². The summed E-state index contributed by atoms with van der Waals surface area (Å²) in [6.45, 7) is 3.82. The van der Waals surface area contributed by atoms with Crippen LogP contribution in [0.4, 0.5) is 11.5 Å². The number of hydrogen-bond acceptors (Lipinski definition) is 7. The summed E-state index contributed by atoms with van der Waals surface area (Å²) < 4.78 is 3.71. The zero-order valence-corrected chi connectivity index (χ0v) is 15.4. The predicted octanol–water partition coefficient (Wildman–Crippen LogP) is 2.13. The molecule has 28 heavy (non-hydrogen) atoms. The number of anilines is 2. The number of nitrogens with zero attached hydrogens (tertiary/aromatic N) is 7. The molecule has 0 amide bonds. The van der Waals surface area contributed by atoms with Crippen molar-refractivity contribution in [3.8, 4) is 5.82 Å². The highest BCUT2D eigenvalue weighted by Gasteiger charge is 2.14. The Morgan fingerprint density at radius 1 is 1.21 bits per heavy atom. The highest BCUT2D eigenvalue weighted by molar-refractivity contribution is 5.74. The van der Waals surface area contributed by atoms with Crippen molar-refractivity contribution >= 4 is 22.7 Å². The van der Waals surface area contributed by atoms with Gasteiger partial charge in [-0.2, -0.15) is 5.10 Å². The average Bonchev–Trinajstić information content (AvgIpc) is 3.41. The van der Waals surface area contributed by atoms with Gasteiger partial charge in [-0.1, -0.05) is 6.08 Å². The topological polar surface area (TPSA) is 97.9 Å². The molecular formula is C19H19N9. The molecule has 0 atom stereocenters. The van der Waals surface area contributed by atoms with Crippen LogP contribution in [0.25, 0.3) is 17.0 Å². The summed E-state index contributed by atoms with van der Waals surface area (Å²) in [7, 11) is 0. The lowest BCUT2D eigenvalue weighted by molar-refractivity contribution is 0.736. The lowest BCUT2D eigenvalue weighted by Crippen LogP contribution is -2.20. The van der Waals surface area contributed by atoms with Crippen molar-refractivity contribution in [1.82, 2.24) is 39.4 Å². The highest BCUT2D eigenvalue weighted by atomic mass is 15.3. The van der Waals surface area contributed by atoms with Crippen molar-refractivity contribution in [2.75, 3.05) is 18.4 Å². The van der Waals surface area contributed by atoms with Gasteiger partial charge in [-0.25, -0.2) is 24.6 Å². The standard InChI is InChI=1S/C19H19N9/c1-13-15(2-3-17(25-13)28-12-21-11-24-28)26-18-19-23-10-16(27(19)9-8-22-18)14-4-6-20-7-5-14/h2-4,8-12,20H,5-7H2,1H3,(H,22,26). The first-order valence-electron chi connectivity index (χ1n) is 9.11. The van der Waals surface area contributed by atoms with Gasteiger partial charge >= 0.3 is 0 Å². The van der Waals surface area contributed by atoms with E-state index in [1.165, 1.54) is 11.9 Å². The second-order valence-corrected chi connectivity index (χ2v) is 6.56. The quantitative estimate of drug-likeness (QED) is 0.565. The molecule has 9 heteroatoms. The highest BCUT2D eigenvalue weighted by Crippen LogP contribution is 2.26. The Morgan fingerprint density at radius 3 is 2.96 bits per heavy atom. The molecule has 5 rings (SSSR count). The van der Waals surface area contributed by atoms with E-state index in [1.807, 2.05) is 31.5 Å². The van der Waals surface area contributed by atoms with Gasteiger partial charge in [0.05, 0.1) is 23.3 Å². The molecule has 1 aliphatic heterocycles. The number of nitrogens with one attached hydrogen (secondary N) is 2. The minimum absolute atomic E-state index is 0.696. The van der Waals surface area contributed by atoms with Crippen LogP contribution in [0.3, 0.4) is 0 Å². The van der Waals surface area contributed by atoms with Crippen molar-refractivity contribution < 1.29 is 0 Å². The van der Waals surface area contributed by atoms with Crippen molar-refractivity contribution in [2.24, 2.45) is 0 Å². The smallest absolute Gasteiger partial charge is 0.180 e. The Hall–Kier alpha value is -3.59. The molecule has 5 heterocycles. The number of fused-ring (bicyclic) bond motifs is 1. The third kappa shape index (κ3) is 2.91. The van der Waals surface area contributed by atoms with Gasteiger partial charge in [-0.3, -0.25) is 4.40 Å². The molecule has 4 aromatic rings. The van der Waals surface area contributed by atoms with Crippen molar-refractivity contribution in [3.63, 3.8) is 0 Å². The van der Waals surface area contributed by atoms with E-state index in [0.717, 1.165) is 42.2 Å². The van der Waals surface area contributed by atoms with E-state index in [0.29, 0.717) is 11.6 Å². The Kier molecular flexibility index (Phi) is 4.06. The van der Waals surface area contributed by atoms with Gasteiger partial charge < -0.3 is 10.6 Å². The first-order chi connectivity index (χ1) is 13.8. The summed E-state index contributed by atoms with van der Waals surface area (Å²) in [5.74, 6) is 1.41. The van der Waals surface area contributed by atoms with Crippen LogP contribution in [0, 0.1) is 6.92 Å². The Labute approximate surface area is 161 Å². The minimum atomic E-state index is 0.696. The summed E-state index contributed by atoms with van der Waals surface area (Å²) in [5, 5.41) is 10.8. The summed E-state index contributed by atoms with van der Waals surface area (Å²) >= 11 is 0. The molecule has 0 fully saturated rings. The lowest BCUT2D eigenvalue weighted by Gasteiger charge is -2.14. The van der Waals surface area contributed by atoms with Gasteiger partial charge in [0.15, 0.2) is 17.3 Å². The summed E-state index contributed by atoms with van der Waals surface area (Å²) in [6.07, 6.45) is 12.0. The van der Waals surface area contributed by atoms with Crippen LogP contribution in [-0.2, 0) is 0 Å². The number of aromatic nitrogens is 7. The Balaban J connectivity index is 1.49. The fourth-order valence-corrected chi connectivity index (χ4v) is 3.36. The molecule has 140 valence electrons. The third-order valence-electron chi connectivity index (χ3n) is 4.80. The lowest BCUT2D eigenvalue weighted by atomic mass is 10.1. The van der Waals surface area contributed by atoms with Gasteiger partial charge in [-0.05, 0) is 37.6 Å². The first kappa shape index (κ1) is 16.6. The largest absolute Gasteiger partial charge is 0.336 e. The third-order valence-corrected chi connectivity index (χ3v) is 4.80. The molecule has 0 aromatic carbocycles. The van der Waals surface area contributed by atoms with E-state index < -0.39 is 0 Å². The summed E-state index contributed by atoms with van der Waals surface area (Å²) in [4.78, 5) is 17.7. The second-order valence-electron chi connectivity index (χ2n) is 6.56. The van der Waals surface area contributed by atoms with E-state index in [-0.39, 0.29) is 0 Å². The van der Waals surface area contributed by atoms with Crippen molar-refractivity contribution in [1.29, 1.82) is 0 Å². The van der Waals surface area contributed by atoms with Crippen LogP contribution < -0.4 is 10.6 Å². The fraction of sp³-hybridized carbons (Fsp3) is 0.211. The molecule has 0 spiro atoms. The van der Waals surface area contributed by atoms with Crippen LogP contribution >= 0.6 is 0 Å². The molecule has 0 aliphatic carbocycles. The molecule has 0 bridgehead atoms. The average molecular weight is 373 g/mol. The fourth-order valence-electron chi connectivity index (χ4n) is 3.36. The Morgan fingerprint density at radius 2 is 2.18 bits per heavy atom. The maximum absolute atomic E-state index is 4.61. The number of hydrogen-bond donors (Lipinski definition) is 2. The van der Waals surface area contributed by atoms with Gasteiger partial charge in [0.25, 0.3) is 0 Å². The molecule has 4 aromatic heterocycles. The predicted molar refractivity (Wildman–Crippen MR) is 106 cm³/mol. The Bertz CT molecular complexity index is 1160. The summed E-state index contributed by atoms with van der Waals surface area (Å²) in [5.41, 5.74) is 4.91.